The van der Waals surface area contributed by atoms with Gasteiger partial charge in [-0.05, 0) is 25.3 Å². The first-order valence-corrected chi connectivity index (χ1v) is 5.73. The van der Waals surface area contributed by atoms with Crippen LogP contribution >= 0.6 is 0 Å². The van der Waals surface area contributed by atoms with E-state index in [1.54, 1.807) is 0 Å². The van der Waals surface area contributed by atoms with Crippen molar-refractivity contribution in [1.82, 2.24) is 5.32 Å². The average Bonchev–Trinajstić information content (AvgIpc) is 2.23. The Kier molecular flexibility index (Phi) is 7.92. The maximum Gasteiger partial charge on any atom is 0.405 e. The van der Waals surface area contributed by atoms with Gasteiger partial charge in [0.15, 0.2) is 5.92 Å². The number of aliphatic hydroxyl groups is 1. The number of nitrogens with one attached hydrogen (secondary N) is 1. The maximum atomic E-state index is 12.2. The lowest BCUT2D eigenvalue weighted by molar-refractivity contribution is -0.157. The van der Waals surface area contributed by atoms with Crippen LogP contribution in [0, 0.1) is 23.2 Å². The molecule has 6 heteroatoms. The van der Waals surface area contributed by atoms with E-state index in [-0.39, 0.29) is 19.1 Å². The van der Waals surface area contributed by atoms with Gasteiger partial charge in [-0.2, -0.15) is 18.4 Å². The molecule has 100 valence electrons. The van der Waals surface area contributed by atoms with Crippen LogP contribution in [0.1, 0.15) is 26.2 Å². The molecule has 0 rings (SSSR count). The van der Waals surface area contributed by atoms with Crippen LogP contribution in [0.15, 0.2) is 0 Å². The molecule has 0 aliphatic rings. The minimum absolute atomic E-state index is 0.0350. The van der Waals surface area contributed by atoms with E-state index in [9.17, 15) is 13.2 Å². The van der Waals surface area contributed by atoms with Crippen LogP contribution in [0.2, 0.25) is 0 Å². The molecule has 0 aromatic carbocycles. The Morgan fingerprint density at radius 1 is 1.29 bits per heavy atom. The van der Waals surface area contributed by atoms with E-state index < -0.39 is 12.1 Å². The van der Waals surface area contributed by atoms with E-state index in [0.717, 1.165) is 12.8 Å². The van der Waals surface area contributed by atoms with Gasteiger partial charge in [-0.1, -0.05) is 13.3 Å². The summed E-state index contributed by atoms with van der Waals surface area (Å²) in [5, 5.41) is 19.8. The van der Waals surface area contributed by atoms with E-state index in [4.69, 9.17) is 10.4 Å². The van der Waals surface area contributed by atoms with E-state index in [1.165, 1.54) is 6.07 Å². The van der Waals surface area contributed by atoms with Gasteiger partial charge < -0.3 is 10.4 Å². The molecule has 0 aromatic heterocycles. The van der Waals surface area contributed by atoms with Crippen molar-refractivity contribution in [2.24, 2.45) is 11.8 Å². The third-order valence-electron chi connectivity index (χ3n) is 2.57. The predicted octanol–water partition coefficient (Wildman–Crippen LogP) is 2.08. The van der Waals surface area contributed by atoms with Crippen molar-refractivity contribution < 1.29 is 18.3 Å². The second kappa shape index (κ2) is 8.31. The Morgan fingerprint density at radius 3 is 2.35 bits per heavy atom. The first kappa shape index (κ1) is 16.2. The fourth-order valence-electron chi connectivity index (χ4n) is 1.61. The van der Waals surface area contributed by atoms with E-state index in [1.807, 2.05) is 6.92 Å². The molecule has 17 heavy (non-hydrogen) atoms. The van der Waals surface area contributed by atoms with E-state index >= 15 is 0 Å². The standard InChI is InChI=1S/C11H19F3N2O/c1-2-3-9(4-5-17)7-16-8-10(6-15)11(12,13)14/h9-10,16-17H,2-5,7-8H2,1H3. The van der Waals surface area contributed by atoms with Crippen molar-refractivity contribution in [1.29, 1.82) is 5.26 Å². The molecule has 2 N–H and O–H groups in total. The van der Waals surface area contributed by atoms with Crippen LogP contribution in [-0.2, 0) is 0 Å². The highest BCUT2D eigenvalue weighted by Crippen LogP contribution is 2.24. The summed E-state index contributed by atoms with van der Waals surface area (Å²) < 4.78 is 36.7. The molecular weight excluding hydrogens is 233 g/mol. The third kappa shape index (κ3) is 7.18. The summed E-state index contributed by atoms with van der Waals surface area (Å²) in [5.74, 6) is -1.79. The summed E-state index contributed by atoms with van der Waals surface area (Å²) in [4.78, 5) is 0. The van der Waals surface area contributed by atoms with Crippen LogP contribution in [-0.4, -0.2) is 31.0 Å². The van der Waals surface area contributed by atoms with Crippen LogP contribution in [0.4, 0.5) is 13.2 Å². The Labute approximate surface area is 99.6 Å². The highest BCUT2D eigenvalue weighted by molar-refractivity contribution is 4.89. The second-order valence-electron chi connectivity index (χ2n) is 4.05. The van der Waals surface area contributed by atoms with Gasteiger partial charge in [0.25, 0.3) is 0 Å². The molecular formula is C11H19F3N2O. The first-order chi connectivity index (χ1) is 7.95. The van der Waals surface area contributed by atoms with E-state index in [0.29, 0.717) is 13.0 Å². The van der Waals surface area contributed by atoms with Crippen LogP contribution < -0.4 is 5.32 Å². The van der Waals surface area contributed by atoms with Crippen molar-refractivity contribution in [3.8, 4) is 6.07 Å². The molecule has 0 saturated carbocycles. The highest BCUT2D eigenvalue weighted by Gasteiger charge is 2.39. The molecule has 0 aliphatic carbocycles. The fraction of sp³-hybridized carbons (Fsp3) is 0.909. The molecule has 0 bridgehead atoms. The van der Waals surface area contributed by atoms with Crippen molar-refractivity contribution in [3.63, 3.8) is 0 Å². The maximum absolute atomic E-state index is 12.2. The topological polar surface area (TPSA) is 56.0 Å². The Hall–Kier alpha value is -0.800. The lowest BCUT2D eigenvalue weighted by Gasteiger charge is -2.18. The zero-order valence-corrected chi connectivity index (χ0v) is 9.93. The molecule has 0 aromatic rings. The summed E-state index contributed by atoms with van der Waals surface area (Å²) in [7, 11) is 0. The van der Waals surface area contributed by atoms with Crippen molar-refractivity contribution >= 4 is 0 Å². The van der Waals surface area contributed by atoms with Crippen molar-refractivity contribution in [3.05, 3.63) is 0 Å². The minimum atomic E-state index is -4.47. The quantitative estimate of drug-likeness (QED) is 0.695. The van der Waals surface area contributed by atoms with Gasteiger partial charge in [-0.3, -0.25) is 0 Å². The number of hydrogen-bond donors (Lipinski definition) is 2. The van der Waals surface area contributed by atoms with Crippen LogP contribution in [0.5, 0.6) is 0 Å². The minimum Gasteiger partial charge on any atom is -0.396 e. The number of halogens is 3. The molecule has 0 spiro atoms. The molecule has 2 atom stereocenters. The Bertz CT molecular complexity index is 232. The monoisotopic (exact) mass is 252 g/mol. The van der Waals surface area contributed by atoms with Crippen molar-refractivity contribution in [2.45, 2.75) is 32.4 Å². The van der Waals surface area contributed by atoms with E-state index in [2.05, 4.69) is 5.32 Å². The highest BCUT2D eigenvalue weighted by atomic mass is 19.4. The van der Waals surface area contributed by atoms with Crippen molar-refractivity contribution in [2.75, 3.05) is 19.7 Å². The summed E-state index contributed by atoms with van der Waals surface area (Å²) in [6.45, 7) is 2.04. The molecule has 0 aliphatic heterocycles. The SMILES string of the molecule is CCCC(CCO)CNCC(C#N)C(F)(F)F. The number of nitriles is 1. The number of hydrogen-bond acceptors (Lipinski definition) is 3. The number of aliphatic hydroxyl groups excluding tert-OH is 1. The predicted molar refractivity (Wildman–Crippen MR) is 58.1 cm³/mol. The number of nitrogens with zero attached hydrogens (tertiary/aromatic N) is 1. The zero-order chi connectivity index (χ0) is 13.3. The molecule has 2 unspecified atom stereocenters. The van der Waals surface area contributed by atoms with Gasteiger partial charge in [-0.25, -0.2) is 0 Å². The summed E-state index contributed by atoms with van der Waals surface area (Å²) in [6.07, 6.45) is -2.12. The average molecular weight is 252 g/mol. The second-order valence-corrected chi connectivity index (χ2v) is 4.05. The molecule has 0 fully saturated rings. The lowest BCUT2D eigenvalue weighted by atomic mass is 10.00. The smallest absolute Gasteiger partial charge is 0.396 e. The molecule has 0 radical (unpaired) electrons. The van der Waals surface area contributed by atoms with Crippen LogP contribution in [0.25, 0.3) is 0 Å². The summed E-state index contributed by atoms with van der Waals surface area (Å²) >= 11 is 0. The van der Waals surface area contributed by atoms with Gasteiger partial charge in [0, 0.05) is 13.2 Å². The van der Waals surface area contributed by atoms with Gasteiger partial charge in [-0.15, -0.1) is 0 Å². The summed E-state index contributed by atoms with van der Waals surface area (Å²) in [5.41, 5.74) is 0. The third-order valence-corrected chi connectivity index (χ3v) is 2.57. The fourth-order valence-corrected chi connectivity index (χ4v) is 1.61. The normalized spacial score (nSPS) is 15.3. The molecule has 0 saturated heterocycles. The first-order valence-electron chi connectivity index (χ1n) is 5.73. The van der Waals surface area contributed by atoms with Gasteiger partial charge in [0.2, 0.25) is 0 Å². The Morgan fingerprint density at radius 2 is 1.94 bits per heavy atom. The largest absolute Gasteiger partial charge is 0.405 e. The summed E-state index contributed by atoms with van der Waals surface area (Å²) in [6, 6.07) is 1.24. The van der Waals surface area contributed by atoms with Gasteiger partial charge in [0.1, 0.15) is 0 Å². The lowest BCUT2D eigenvalue weighted by Crippen LogP contribution is -2.35. The molecule has 3 nitrogen and oxygen atoms in total. The zero-order valence-electron chi connectivity index (χ0n) is 9.93. The van der Waals surface area contributed by atoms with Gasteiger partial charge >= 0.3 is 6.18 Å². The molecule has 0 heterocycles. The number of rotatable bonds is 8. The number of alkyl halides is 3. The van der Waals surface area contributed by atoms with Gasteiger partial charge in [0.05, 0.1) is 6.07 Å². The molecule has 0 amide bonds. The Balaban J connectivity index is 3.98. The van der Waals surface area contributed by atoms with Crippen LogP contribution in [0.3, 0.4) is 0 Å².